The zero-order valence-corrected chi connectivity index (χ0v) is 10.8. The van der Waals surface area contributed by atoms with E-state index in [4.69, 9.17) is 10.5 Å². The van der Waals surface area contributed by atoms with Crippen molar-refractivity contribution in [2.75, 3.05) is 13.7 Å². The highest BCUT2D eigenvalue weighted by molar-refractivity contribution is 7.13. The van der Waals surface area contributed by atoms with Crippen LogP contribution < -0.4 is 10.5 Å². The Labute approximate surface area is 105 Å². The number of hydrogen-bond donors (Lipinski definition) is 1. The summed E-state index contributed by atoms with van der Waals surface area (Å²) in [4.78, 5) is 4.62. The summed E-state index contributed by atoms with van der Waals surface area (Å²) < 4.78 is 5.34. The number of aromatic nitrogens is 1. The molecule has 1 unspecified atom stereocenters. The summed E-state index contributed by atoms with van der Waals surface area (Å²) in [6.07, 6.45) is 0. The molecule has 0 saturated heterocycles. The average molecular weight is 248 g/mol. The van der Waals surface area contributed by atoms with Gasteiger partial charge in [-0.25, -0.2) is 4.98 Å². The third-order valence-electron chi connectivity index (χ3n) is 2.72. The number of nitrogens with two attached hydrogens (primary N) is 1. The minimum absolute atomic E-state index is 0.301. The van der Waals surface area contributed by atoms with Gasteiger partial charge in [0.15, 0.2) is 0 Å². The van der Waals surface area contributed by atoms with Crippen LogP contribution in [-0.4, -0.2) is 18.6 Å². The van der Waals surface area contributed by atoms with Gasteiger partial charge in [-0.15, -0.1) is 11.3 Å². The van der Waals surface area contributed by atoms with Crippen LogP contribution >= 0.6 is 11.3 Å². The number of hydrogen-bond acceptors (Lipinski definition) is 4. The molecular formula is C13H16N2OS. The Morgan fingerprint density at radius 3 is 2.88 bits per heavy atom. The van der Waals surface area contributed by atoms with Gasteiger partial charge >= 0.3 is 0 Å². The first kappa shape index (κ1) is 12.1. The van der Waals surface area contributed by atoms with Gasteiger partial charge in [-0.3, -0.25) is 0 Å². The fourth-order valence-electron chi connectivity index (χ4n) is 1.58. The lowest BCUT2D eigenvalue weighted by molar-refractivity contribution is 0.416. The van der Waals surface area contributed by atoms with Crippen molar-refractivity contribution in [3.8, 4) is 16.3 Å². The molecule has 0 fully saturated rings. The van der Waals surface area contributed by atoms with E-state index in [1.807, 2.05) is 24.3 Å². The van der Waals surface area contributed by atoms with Gasteiger partial charge in [-0.1, -0.05) is 19.1 Å². The Hall–Kier alpha value is -1.39. The third kappa shape index (κ3) is 2.48. The Bertz CT molecular complexity index is 496. The van der Waals surface area contributed by atoms with E-state index >= 15 is 0 Å². The molecule has 2 rings (SSSR count). The molecule has 0 aliphatic heterocycles. The summed E-state index contributed by atoms with van der Waals surface area (Å²) >= 11 is 1.63. The molecule has 0 spiro atoms. The Kier molecular flexibility index (Phi) is 3.76. The van der Waals surface area contributed by atoms with E-state index < -0.39 is 0 Å². The molecule has 0 saturated carbocycles. The van der Waals surface area contributed by atoms with E-state index in [0.717, 1.165) is 22.0 Å². The van der Waals surface area contributed by atoms with Crippen LogP contribution in [0.15, 0.2) is 29.6 Å². The first-order valence-corrected chi connectivity index (χ1v) is 6.43. The van der Waals surface area contributed by atoms with Crippen molar-refractivity contribution in [1.82, 2.24) is 4.98 Å². The fraction of sp³-hybridized carbons (Fsp3) is 0.308. The summed E-state index contributed by atoms with van der Waals surface area (Å²) in [6, 6.07) is 7.92. The maximum Gasteiger partial charge on any atom is 0.129 e. The molecular weight excluding hydrogens is 232 g/mol. The number of nitrogens with zero attached hydrogens (tertiary/aromatic N) is 1. The van der Waals surface area contributed by atoms with Crippen LogP contribution in [0.5, 0.6) is 5.75 Å². The fourth-order valence-corrected chi connectivity index (χ4v) is 2.55. The average Bonchev–Trinajstić information content (AvgIpc) is 2.87. The van der Waals surface area contributed by atoms with Crippen LogP contribution in [0, 0.1) is 0 Å². The lowest BCUT2D eigenvalue weighted by Gasteiger charge is -2.05. The van der Waals surface area contributed by atoms with Gasteiger partial charge in [0.2, 0.25) is 0 Å². The first-order valence-electron chi connectivity index (χ1n) is 5.55. The molecule has 0 amide bonds. The number of methoxy groups -OCH3 is 1. The second-order valence-corrected chi connectivity index (χ2v) is 4.77. The van der Waals surface area contributed by atoms with Gasteiger partial charge in [0.1, 0.15) is 10.8 Å². The molecule has 0 bridgehead atoms. The molecule has 17 heavy (non-hydrogen) atoms. The van der Waals surface area contributed by atoms with Crippen molar-refractivity contribution in [2.24, 2.45) is 5.73 Å². The van der Waals surface area contributed by atoms with Gasteiger partial charge in [0.05, 0.1) is 18.4 Å². The van der Waals surface area contributed by atoms with Crippen LogP contribution in [-0.2, 0) is 0 Å². The minimum atomic E-state index is 0.301. The number of para-hydroxylation sites is 1. The summed E-state index contributed by atoms with van der Waals surface area (Å²) in [5.74, 6) is 1.16. The highest BCUT2D eigenvalue weighted by atomic mass is 32.1. The molecule has 1 atom stereocenters. The molecule has 1 heterocycles. The van der Waals surface area contributed by atoms with Crippen molar-refractivity contribution in [2.45, 2.75) is 12.8 Å². The number of rotatable bonds is 4. The highest BCUT2D eigenvalue weighted by Crippen LogP contribution is 2.33. The quantitative estimate of drug-likeness (QED) is 0.905. The van der Waals surface area contributed by atoms with E-state index in [-0.39, 0.29) is 0 Å². The molecule has 2 aromatic rings. The smallest absolute Gasteiger partial charge is 0.129 e. The largest absolute Gasteiger partial charge is 0.496 e. The maximum atomic E-state index is 5.65. The van der Waals surface area contributed by atoms with Crippen LogP contribution in [0.1, 0.15) is 18.5 Å². The summed E-state index contributed by atoms with van der Waals surface area (Å²) in [6.45, 7) is 2.70. The van der Waals surface area contributed by atoms with Crippen LogP contribution in [0.25, 0.3) is 10.6 Å². The van der Waals surface area contributed by atoms with Crippen molar-refractivity contribution >= 4 is 11.3 Å². The second kappa shape index (κ2) is 5.29. The molecule has 90 valence electrons. The zero-order chi connectivity index (χ0) is 12.3. The lowest BCUT2D eigenvalue weighted by Crippen LogP contribution is -2.08. The molecule has 4 heteroatoms. The normalized spacial score (nSPS) is 12.4. The number of ether oxygens (including phenoxy) is 1. The summed E-state index contributed by atoms with van der Waals surface area (Å²) in [5.41, 5.74) is 7.74. The third-order valence-corrected chi connectivity index (χ3v) is 3.61. The van der Waals surface area contributed by atoms with Crippen LogP contribution in [0.4, 0.5) is 0 Å². The van der Waals surface area contributed by atoms with Crippen molar-refractivity contribution in [3.05, 3.63) is 35.3 Å². The molecule has 2 N–H and O–H groups in total. The van der Waals surface area contributed by atoms with Crippen molar-refractivity contribution < 1.29 is 4.74 Å². The van der Waals surface area contributed by atoms with Gasteiger partial charge in [0.25, 0.3) is 0 Å². The number of thiazole rings is 1. The molecule has 1 aromatic carbocycles. The monoisotopic (exact) mass is 248 g/mol. The molecule has 0 aliphatic carbocycles. The topological polar surface area (TPSA) is 48.1 Å². The van der Waals surface area contributed by atoms with E-state index in [2.05, 4.69) is 17.3 Å². The predicted molar refractivity (Wildman–Crippen MR) is 71.6 cm³/mol. The Balaban J connectivity index is 2.37. The standard InChI is InChI=1S/C13H16N2OS/c1-9(7-14)11-8-17-13(15-11)10-5-3-4-6-12(10)16-2/h3-6,8-9H,7,14H2,1-2H3. The predicted octanol–water partition coefficient (Wildman–Crippen LogP) is 2.88. The molecule has 1 aromatic heterocycles. The zero-order valence-electron chi connectivity index (χ0n) is 10.0. The lowest BCUT2D eigenvalue weighted by atomic mass is 10.1. The van der Waals surface area contributed by atoms with E-state index in [1.165, 1.54) is 0 Å². The first-order chi connectivity index (χ1) is 8.26. The Morgan fingerprint density at radius 1 is 1.41 bits per heavy atom. The van der Waals surface area contributed by atoms with Crippen molar-refractivity contribution in [3.63, 3.8) is 0 Å². The van der Waals surface area contributed by atoms with Gasteiger partial charge in [0, 0.05) is 17.8 Å². The van der Waals surface area contributed by atoms with E-state index in [9.17, 15) is 0 Å². The minimum Gasteiger partial charge on any atom is -0.496 e. The maximum absolute atomic E-state index is 5.65. The van der Waals surface area contributed by atoms with Crippen LogP contribution in [0.3, 0.4) is 0 Å². The second-order valence-electron chi connectivity index (χ2n) is 3.91. The van der Waals surface area contributed by atoms with E-state index in [1.54, 1.807) is 18.4 Å². The molecule has 3 nitrogen and oxygen atoms in total. The van der Waals surface area contributed by atoms with E-state index in [0.29, 0.717) is 12.5 Å². The van der Waals surface area contributed by atoms with Gasteiger partial charge in [-0.2, -0.15) is 0 Å². The number of benzene rings is 1. The van der Waals surface area contributed by atoms with Crippen molar-refractivity contribution in [1.29, 1.82) is 0 Å². The highest BCUT2D eigenvalue weighted by Gasteiger charge is 2.12. The summed E-state index contributed by atoms with van der Waals surface area (Å²) in [5, 5.41) is 3.05. The van der Waals surface area contributed by atoms with Gasteiger partial charge < -0.3 is 10.5 Å². The molecule has 0 radical (unpaired) electrons. The SMILES string of the molecule is COc1ccccc1-c1nc(C(C)CN)cs1. The summed E-state index contributed by atoms with van der Waals surface area (Å²) in [7, 11) is 1.68. The van der Waals surface area contributed by atoms with Crippen LogP contribution in [0.2, 0.25) is 0 Å². The van der Waals surface area contributed by atoms with Gasteiger partial charge in [-0.05, 0) is 12.1 Å². The molecule has 0 aliphatic rings. The Morgan fingerprint density at radius 2 is 2.18 bits per heavy atom.